The number of likely N-dealkylation sites (N-methyl/N-ethyl adjacent to an activating group) is 1. The van der Waals surface area contributed by atoms with Gasteiger partial charge in [0, 0.05) is 70.4 Å². The quantitative estimate of drug-likeness (QED) is 0.485. The normalized spacial score (nSPS) is 30.0. The zero-order valence-electron chi connectivity index (χ0n) is 30.2. The molecule has 5 aliphatic heterocycles. The summed E-state index contributed by atoms with van der Waals surface area (Å²) in [6, 6.07) is 2.42. The average Bonchev–Trinajstić information content (AvgIpc) is 3.90. The van der Waals surface area contributed by atoms with E-state index in [1.807, 2.05) is 33.9 Å². The van der Waals surface area contributed by atoms with Gasteiger partial charge in [-0.05, 0) is 75.1 Å². The summed E-state index contributed by atoms with van der Waals surface area (Å²) >= 11 is 0. The Hall–Kier alpha value is -3.58. The first-order valence-electron chi connectivity index (χ1n) is 18.9. The van der Waals surface area contributed by atoms with Crippen LogP contribution in [0.2, 0.25) is 0 Å². The topological polar surface area (TPSA) is 101 Å². The molecule has 1 N–H and O–H groups in total. The molecule has 0 bridgehead atoms. The van der Waals surface area contributed by atoms with E-state index in [9.17, 15) is 14.0 Å². The fourth-order valence-corrected chi connectivity index (χ4v) is 9.12. The van der Waals surface area contributed by atoms with E-state index in [0.717, 1.165) is 51.3 Å². The Balaban J connectivity index is 1.22. The number of rotatable bonds is 6. The average molecular weight is 710 g/mol. The summed E-state index contributed by atoms with van der Waals surface area (Å²) in [4.78, 5) is 53.6. The Bertz CT molecular complexity index is 1530. The van der Waals surface area contributed by atoms with Crippen LogP contribution in [0.4, 0.5) is 8.78 Å². The summed E-state index contributed by atoms with van der Waals surface area (Å²) in [5.41, 5.74) is 3.43. The number of carbonyl (C=O) groups excluding carboxylic acids is 3. The van der Waals surface area contributed by atoms with Crippen molar-refractivity contribution < 1.29 is 27.9 Å². The van der Waals surface area contributed by atoms with Gasteiger partial charge in [0.2, 0.25) is 11.8 Å². The lowest BCUT2D eigenvalue weighted by molar-refractivity contribution is -0.148. The first-order valence-corrected chi connectivity index (χ1v) is 18.9. The number of piperazine rings is 1. The Morgan fingerprint density at radius 2 is 1.75 bits per heavy atom. The van der Waals surface area contributed by atoms with Gasteiger partial charge in [0.25, 0.3) is 5.91 Å². The minimum Gasteiger partial charge on any atom is -0.368 e. The molecule has 11 nitrogen and oxygen atoms in total. The zero-order chi connectivity index (χ0) is 35.9. The lowest BCUT2D eigenvalue weighted by atomic mass is 9.75. The molecule has 51 heavy (non-hydrogen) atoms. The number of nitrogens with zero attached hydrogens (tertiary/aromatic N) is 6. The van der Waals surface area contributed by atoms with E-state index in [2.05, 4.69) is 29.3 Å². The zero-order valence-corrected chi connectivity index (χ0v) is 30.2. The van der Waals surface area contributed by atoms with E-state index in [1.54, 1.807) is 4.90 Å². The maximum Gasteiger partial charge on any atom is 0.252 e. The van der Waals surface area contributed by atoms with Crippen LogP contribution in [0.1, 0.15) is 70.3 Å². The molecule has 7 rings (SSSR count). The van der Waals surface area contributed by atoms with Gasteiger partial charge in [-0.25, -0.2) is 8.78 Å². The molecule has 1 saturated carbocycles. The molecule has 0 unspecified atom stereocenters. The van der Waals surface area contributed by atoms with E-state index in [-0.39, 0.29) is 53.9 Å². The van der Waals surface area contributed by atoms with E-state index in [0.29, 0.717) is 51.5 Å². The molecule has 1 aromatic carbocycles. The van der Waals surface area contributed by atoms with E-state index < -0.39 is 35.6 Å². The fraction of sp³-hybridized carbons (Fsp3) is 0.684. The number of ether oxygens (including phenoxy) is 1. The van der Waals surface area contributed by atoms with E-state index in [1.165, 1.54) is 12.1 Å². The van der Waals surface area contributed by atoms with Gasteiger partial charge in [0.15, 0.2) is 0 Å². The Morgan fingerprint density at radius 3 is 2.41 bits per heavy atom. The van der Waals surface area contributed by atoms with Gasteiger partial charge in [-0.15, -0.1) is 0 Å². The summed E-state index contributed by atoms with van der Waals surface area (Å²) in [5, 5.41) is 4.44. The van der Waals surface area contributed by atoms with Crippen molar-refractivity contribution >= 4 is 23.6 Å². The van der Waals surface area contributed by atoms with E-state index >= 15 is 9.18 Å². The lowest BCUT2D eigenvalue weighted by Crippen LogP contribution is -2.54. The van der Waals surface area contributed by atoms with Crippen LogP contribution in [-0.2, 0) is 19.1 Å². The third-order valence-corrected chi connectivity index (χ3v) is 12.2. The van der Waals surface area contributed by atoms with Crippen molar-refractivity contribution in [2.75, 3.05) is 66.0 Å². The van der Waals surface area contributed by atoms with E-state index in [4.69, 9.17) is 4.74 Å². The smallest absolute Gasteiger partial charge is 0.252 e. The Labute approximate surface area is 300 Å². The predicted octanol–water partition coefficient (Wildman–Crippen LogP) is 3.17. The fourth-order valence-electron chi connectivity index (χ4n) is 9.12. The number of amides is 3. The molecule has 3 amide bonds. The van der Waals surface area contributed by atoms with Crippen molar-refractivity contribution in [1.29, 1.82) is 0 Å². The number of benzene rings is 1. The molecular weight excluding hydrogens is 656 g/mol. The maximum atomic E-state index is 15.5. The van der Waals surface area contributed by atoms with Crippen LogP contribution in [0.25, 0.3) is 0 Å². The van der Waals surface area contributed by atoms with Crippen molar-refractivity contribution in [3.63, 3.8) is 0 Å². The second-order valence-corrected chi connectivity index (χ2v) is 16.2. The number of hydrazone groups is 1. The van der Waals surface area contributed by atoms with Gasteiger partial charge in [-0.2, -0.15) is 5.10 Å². The van der Waals surface area contributed by atoms with Crippen LogP contribution < -0.4 is 5.43 Å². The summed E-state index contributed by atoms with van der Waals surface area (Å²) in [6.45, 7) is 9.07. The number of hydrogen-bond acceptors (Lipinski definition) is 8. The van der Waals surface area contributed by atoms with Gasteiger partial charge < -0.3 is 34.7 Å². The Kier molecular flexibility index (Phi) is 10.4. The number of hydrogen-bond donors (Lipinski definition) is 1. The highest BCUT2D eigenvalue weighted by molar-refractivity contribution is 5.95. The summed E-state index contributed by atoms with van der Waals surface area (Å²) in [6.07, 6.45) is 8.86. The van der Waals surface area contributed by atoms with Crippen molar-refractivity contribution in [3.8, 4) is 0 Å². The monoisotopic (exact) mass is 709 g/mol. The number of amidine groups is 1. The van der Waals surface area contributed by atoms with Crippen LogP contribution in [0.15, 0.2) is 35.5 Å². The first kappa shape index (κ1) is 35.8. The van der Waals surface area contributed by atoms with Gasteiger partial charge in [0.05, 0.1) is 18.5 Å². The predicted molar refractivity (Wildman–Crippen MR) is 189 cm³/mol. The molecule has 5 fully saturated rings. The highest BCUT2D eigenvalue weighted by Gasteiger charge is 2.51. The minimum atomic E-state index is -0.757. The molecule has 1 aliphatic carbocycles. The van der Waals surface area contributed by atoms with Crippen LogP contribution in [0.3, 0.4) is 0 Å². The molecule has 5 atom stereocenters. The number of nitrogens with one attached hydrogen (secondary N) is 1. The highest BCUT2D eigenvalue weighted by Crippen LogP contribution is 2.41. The molecule has 0 radical (unpaired) electrons. The molecule has 4 saturated heterocycles. The van der Waals surface area contributed by atoms with Crippen molar-refractivity contribution in [1.82, 2.24) is 29.9 Å². The molecule has 278 valence electrons. The van der Waals surface area contributed by atoms with Crippen LogP contribution in [0.5, 0.6) is 0 Å². The minimum absolute atomic E-state index is 0.000738. The molecule has 13 heteroatoms. The van der Waals surface area contributed by atoms with Crippen molar-refractivity contribution in [2.45, 2.75) is 88.9 Å². The Morgan fingerprint density at radius 1 is 0.980 bits per heavy atom. The lowest BCUT2D eigenvalue weighted by Gasteiger charge is -2.43. The van der Waals surface area contributed by atoms with Crippen LogP contribution in [-0.4, -0.2) is 138 Å². The number of halogens is 2. The third-order valence-electron chi connectivity index (χ3n) is 12.2. The first-order chi connectivity index (χ1) is 24.5. The van der Waals surface area contributed by atoms with Crippen LogP contribution >= 0.6 is 0 Å². The summed E-state index contributed by atoms with van der Waals surface area (Å²) in [5.74, 6) is -2.43. The largest absolute Gasteiger partial charge is 0.368 e. The molecule has 6 aliphatic rings. The van der Waals surface area contributed by atoms with Crippen molar-refractivity contribution in [3.05, 3.63) is 47.5 Å². The molecule has 1 aromatic rings. The van der Waals surface area contributed by atoms with Crippen molar-refractivity contribution in [2.24, 2.45) is 16.4 Å². The second kappa shape index (κ2) is 14.8. The van der Waals surface area contributed by atoms with Gasteiger partial charge in [0.1, 0.15) is 29.6 Å². The molecule has 0 aromatic heterocycles. The number of likely N-dealkylation sites (tertiary alicyclic amines) is 2. The molecule has 5 heterocycles. The second-order valence-electron chi connectivity index (χ2n) is 16.2. The van der Waals surface area contributed by atoms with Gasteiger partial charge in [-0.3, -0.25) is 14.4 Å². The highest BCUT2D eigenvalue weighted by atomic mass is 19.1. The molecular formula is C38H53F2N7O4. The number of carbonyl (C=O) groups is 3. The van der Waals surface area contributed by atoms with Gasteiger partial charge >= 0.3 is 0 Å². The molecule has 0 spiro atoms. The third kappa shape index (κ3) is 7.51. The van der Waals surface area contributed by atoms with Gasteiger partial charge in [-0.1, -0.05) is 26.0 Å². The van der Waals surface area contributed by atoms with Crippen LogP contribution in [0, 0.1) is 23.0 Å². The standard InChI is InChI=1S/C38H53F2N7O4/c1-38(2)12-10-26(11-13-38)47(37(50)33-6-5-19-51-33)27-21-32(36(49)44-17-15-43(3)16-18-44)46(22-27)35(48)30-24-45(34-7-4-14-41-42-34)23-29(30)28-9-8-25(39)20-31(28)40/h4,7-9,20,26-27,29-30,32-33,41H,5-6,10-19,21-24H2,1-3H3/t27-,29-,30+,32-,33-/m0/s1. The summed E-state index contributed by atoms with van der Waals surface area (Å²) < 4.78 is 35.5. The SMILES string of the molecule is CN1CCN(C(=O)[C@@H]2C[C@H](N(C(=O)[C@@H]3CCCO3)C3CCC(C)(C)CC3)CN2C(=O)[C@@H]2CN(C3=NNCC=C3)C[C@H]2c2ccc(F)cc2F)CC1. The maximum absolute atomic E-state index is 15.5. The summed E-state index contributed by atoms with van der Waals surface area (Å²) in [7, 11) is 2.03.